The van der Waals surface area contributed by atoms with E-state index in [0.29, 0.717) is 23.3 Å². The van der Waals surface area contributed by atoms with Crippen LogP contribution in [0.1, 0.15) is 10.4 Å². The lowest BCUT2D eigenvalue weighted by Gasteiger charge is -2.09. The lowest BCUT2D eigenvalue weighted by molar-refractivity contribution is 0.0695. The lowest BCUT2D eigenvalue weighted by atomic mass is 10.2. The van der Waals surface area contributed by atoms with E-state index in [4.69, 9.17) is 9.52 Å². The first-order valence-corrected chi connectivity index (χ1v) is 5.87. The van der Waals surface area contributed by atoms with Gasteiger partial charge in [-0.15, -0.1) is 6.58 Å². The highest BCUT2D eigenvalue weighted by Gasteiger charge is 2.16. The average molecular weight is 270 g/mol. The molecule has 3 aromatic heterocycles. The second-order valence-electron chi connectivity index (χ2n) is 4.28. The van der Waals surface area contributed by atoms with Crippen LogP contribution in [0.25, 0.3) is 22.1 Å². The molecule has 3 rings (SSSR count). The van der Waals surface area contributed by atoms with Crippen LogP contribution in [0.15, 0.2) is 46.5 Å². The van der Waals surface area contributed by atoms with Gasteiger partial charge in [0.1, 0.15) is 16.7 Å². The molecule has 100 valence electrons. The van der Waals surface area contributed by atoms with E-state index in [1.807, 2.05) is 0 Å². The van der Waals surface area contributed by atoms with E-state index in [-0.39, 0.29) is 10.9 Å². The molecule has 0 fully saturated rings. The first kappa shape index (κ1) is 12.2. The molecule has 0 aliphatic rings. The lowest BCUT2D eigenvalue weighted by Crippen LogP contribution is -2.19. The van der Waals surface area contributed by atoms with Crippen molar-refractivity contribution in [3.63, 3.8) is 0 Å². The van der Waals surface area contributed by atoms with Crippen molar-refractivity contribution in [3.05, 3.63) is 53.0 Å². The predicted molar refractivity (Wildman–Crippen MR) is 72.9 cm³/mol. The van der Waals surface area contributed by atoms with Crippen molar-refractivity contribution < 1.29 is 14.3 Å². The second-order valence-corrected chi connectivity index (χ2v) is 4.28. The molecular formula is C14H10N2O4. The Kier molecular flexibility index (Phi) is 2.64. The van der Waals surface area contributed by atoms with Crippen LogP contribution in [0.5, 0.6) is 0 Å². The number of pyridine rings is 2. The molecule has 20 heavy (non-hydrogen) atoms. The SMILES string of the molecule is C=CCn1cc(C(=O)O)c(=O)c2cc3occc3nc21. The number of aromatic nitrogens is 2. The van der Waals surface area contributed by atoms with Gasteiger partial charge >= 0.3 is 5.97 Å². The third-order valence-corrected chi connectivity index (χ3v) is 3.02. The number of furan rings is 1. The highest BCUT2D eigenvalue weighted by molar-refractivity contribution is 5.94. The Balaban J connectivity index is 2.50. The first-order chi connectivity index (χ1) is 9.61. The van der Waals surface area contributed by atoms with E-state index >= 15 is 0 Å². The number of hydrogen-bond donors (Lipinski definition) is 1. The number of fused-ring (bicyclic) bond motifs is 2. The quantitative estimate of drug-likeness (QED) is 0.736. The molecule has 0 unspecified atom stereocenters. The summed E-state index contributed by atoms with van der Waals surface area (Å²) in [6.07, 6.45) is 4.36. The number of allylic oxidation sites excluding steroid dienone is 1. The Morgan fingerprint density at radius 3 is 3.05 bits per heavy atom. The molecule has 0 radical (unpaired) electrons. The van der Waals surface area contributed by atoms with Gasteiger partial charge in [0.05, 0.1) is 11.6 Å². The standard InChI is InChI=1S/C14H10N2O4/c1-2-4-16-7-9(14(18)19)12(17)8-6-11-10(3-5-20-11)15-13(8)16/h2-3,5-7H,1,4H2,(H,18,19). The van der Waals surface area contributed by atoms with Crippen molar-refractivity contribution in [1.29, 1.82) is 0 Å². The van der Waals surface area contributed by atoms with Gasteiger partial charge in [-0.25, -0.2) is 9.78 Å². The molecule has 6 heteroatoms. The zero-order valence-electron chi connectivity index (χ0n) is 10.4. The minimum absolute atomic E-state index is 0.217. The maximum atomic E-state index is 12.2. The Labute approximate surface area is 112 Å². The first-order valence-electron chi connectivity index (χ1n) is 5.87. The molecule has 6 nitrogen and oxygen atoms in total. The zero-order chi connectivity index (χ0) is 14.3. The topological polar surface area (TPSA) is 85.3 Å². The monoisotopic (exact) mass is 270 g/mol. The van der Waals surface area contributed by atoms with Gasteiger partial charge in [-0.3, -0.25) is 4.79 Å². The molecule has 0 bridgehead atoms. The third-order valence-electron chi connectivity index (χ3n) is 3.02. The number of carboxylic acid groups (broad SMARTS) is 1. The fraction of sp³-hybridized carbons (Fsp3) is 0.0714. The molecular weight excluding hydrogens is 260 g/mol. The maximum Gasteiger partial charge on any atom is 0.341 e. The molecule has 0 saturated carbocycles. The van der Waals surface area contributed by atoms with Crippen LogP contribution in [0.2, 0.25) is 0 Å². The van der Waals surface area contributed by atoms with Gasteiger partial charge < -0.3 is 14.1 Å². The molecule has 1 N–H and O–H groups in total. The summed E-state index contributed by atoms with van der Waals surface area (Å²) in [7, 11) is 0. The summed E-state index contributed by atoms with van der Waals surface area (Å²) in [5, 5.41) is 9.32. The van der Waals surface area contributed by atoms with E-state index in [0.717, 1.165) is 0 Å². The molecule has 0 spiro atoms. The van der Waals surface area contributed by atoms with Crippen LogP contribution in [0.3, 0.4) is 0 Å². The molecule has 0 aromatic carbocycles. The molecule has 0 saturated heterocycles. The summed E-state index contributed by atoms with van der Waals surface area (Å²) >= 11 is 0. The van der Waals surface area contributed by atoms with Crippen molar-refractivity contribution in [2.75, 3.05) is 0 Å². The summed E-state index contributed by atoms with van der Waals surface area (Å²) in [5.74, 6) is -1.27. The third kappa shape index (κ3) is 1.70. The van der Waals surface area contributed by atoms with Gasteiger partial charge in [0, 0.05) is 18.8 Å². The maximum absolute atomic E-state index is 12.2. The van der Waals surface area contributed by atoms with Gasteiger partial charge in [0.15, 0.2) is 5.58 Å². The fourth-order valence-corrected chi connectivity index (χ4v) is 2.12. The fourth-order valence-electron chi connectivity index (χ4n) is 2.12. The van der Waals surface area contributed by atoms with Crippen molar-refractivity contribution in [2.24, 2.45) is 0 Å². The second kappa shape index (κ2) is 4.34. The molecule has 0 amide bonds. The van der Waals surface area contributed by atoms with E-state index < -0.39 is 11.4 Å². The molecule has 3 aromatic rings. The van der Waals surface area contributed by atoms with Crippen LogP contribution in [-0.4, -0.2) is 20.6 Å². The van der Waals surface area contributed by atoms with Crippen molar-refractivity contribution in [1.82, 2.24) is 9.55 Å². The Bertz CT molecular complexity index is 905. The van der Waals surface area contributed by atoms with Crippen LogP contribution in [0, 0.1) is 0 Å². The number of aromatic carboxylic acids is 1. The number of carboxylic acids is 1. The Morgan fingerprint density at radius 1 is 1.55 bits per heavy atom. The van der Waals surface area contributed by atoms with Gasteiger partial charge in [0.2, 0.25) is 5.43 Å². The largest absolute Gasteiger partial charge is 0.477 e. The highest BCUT2D eigenvalue weighted by Crippen LogP contribution is 2.19. The van der Waals surface area contributed by atoms with Crippen LogP contribution >= 0.6 is 0 Å². The van der Waals surface area contributed by atoms with Gasteiger partial charge in [-0.1, -0.05) is 6.08 Å². The van der Waals surface area contributed by atoms with Gasteiger partial charge in [-0.05, 0) is 6.07 Å². The summed E-state index contributed by atoms with van der Waals surface area (Å²) < 4.78 is 6.79. The van der Waals surface area contributed by atoms with Crippen molar-refractivity contribution in [3.8, 4) is 0 Å². The minimum atomic E-state index is -1.27. The van der Waals surface area contributed by atoms with Gasteiger partial charge in [0.25, 0.3) is 0 Å². The summed E-state index contributed by atoms with van der Waals surface area (Å²) in [6.45, 7) is 3.97. The number of rotatable bonds is 3. The minimum Gasteiger partial charge on any atom is -0.477 e. The van der Waals surface area contributed by atoms with Crippen LogP contribution in [-0.2, 0) is 6.54 Å². The number of carbonyl (C=O) groups is 1. The van der Waals surface area contributed by atoms with E-state index in [1.165, 1.54) is 18.5 Å². The summed E-state index contributed by atoms with van der Waals surface area (Å²) in [5.41, 5.74) is 0.597. The van der Waals surface area contributed by atoms with Crippen LogP contribution < -0.4 is 5.43 Å². The van der Waals surface area contributed by atoms with Gasteiger partial charge in [-0.2, -0.15) is 0 Å². The van der Waals surface area contributed by atoms with E-state index in [9.17, 15) is 9.59 Å². The molecule has 0 aliphatic heterocycles. The zero-order valence-corrected chi connectivity index (χ0v) is 10.4. The Morgan fingerprint density at radius 2 is 2.35 bits per heavy atom. The predicted octanol–water partition coefficient (Wildman–Crippen LogP) is 2.03. The Hall–Kier alpha value is -2.89. The highest BCUT2D eigenvalue weighted by atomic mass is 16.4. The number of hydrogen-bond acceptors (Lipinski definition) is 4. The average Bonchev–Trinajstić information content (AvgIpc) is 2.87. The molecule has 0 atom stereocenters. The summed E-state index contributed by atoms with van der Waals surface area (Å²) in [6, 6.07) is 3.20. The molecule has 3 heterocycles. The van der Waals surface area contributed by atoms with Crippen molar-refractivity contribution >= 4 is 28.1 Å². The van der Waals surface area contributed by atoms with Crippen LogP contribution in [0.4, 0.5) is 0 Å². The molecule has 0 aliphatic carbocycles. The van der Waals surface area contributed by atoms with E-state index in [2.05, 4.69) is 11.6 Å². The number of nitrogens with zero attached hydrogens (tertiary/aromatic N) is 2. The van der Waals surface area contributed by atoms with Crippen molar-refractivity contribution in [2.45, 2.75) is 6.54 Å². The smallest absolute Gasteiger partial charge is 0.341 e. The van der Waals surface area contributed by atoms with E-state index in [1.54, 1.807) is 16.7 Å². The normalized spacial score (nSPS) is 11.0. The summed E-state index contributed by atoms with van der Waals surface area (Å²) in [4.78, 5) is 27.7.